The fraction of sp³-hybridized carbons (Fsp3) is 0.385. The van der Waals surface area contributed by atoms with Gasteiger partial charge in [0.1, 0.15) is 17.8 Å². The van der Waals surface area contributed by atoms with Crippen LogP contribution in [0.15, 0.2) is 59.7 Å². The number of methoxy groups -OCH3 is 1. The molecule has 2 heterocycles. The number of amides is 4. The molecular weight excluding hydrogens is 432 g/mol. The first kappa shape index (κ1) is 23.5. The van der Waals surface area contributed by atoms with Crippen molar-refractivity contribution in [1.82, 2.24) is 15.2 Å². The molecule has 0 aliphatic carbocycles. The van der Waals surface area contributed by atoms with Crippen LogP contribution in [0.3, 0.4) is 0 Å². The highest BCUT2D eigenvalue weighted by atomic mass is 16.5. The smallest absolute Gasteiger partial charge is 0.325 e. The van der Waals surface area contributed by atoms with E-state index in [4.69, 9.17) is 4.74 Å². The number of benzene rings is 2. The summed E-state index contributed by atoms with van der Waals surface area (Å²) in [5.41, 5.74) is 1.59. The molecule has 2 aromatic rings. The van der Waals surface area contributed by atoms with Gasteiger partial charge in [0.05, 0.1) is 18.9 Å². The monoisotopic (exact) mass is 462 g/mol. The summed E-state index contributed by atoms with van der Waals surface area (Å²) >= 11 is 0. The standard InChI is InChI=1S/C26H30N4O4/c1-17(2)15-26(3)24(32)29(25(33)27-26)16-23(31)30-22(19-10-12-20(34-4)13-11-19)14-21(28-30)18-8-6-5-7-9-18/h5-13,17,22H,14-16H2,1-4H3,(H,27,33)/t22-,26-/m1/s1. The van der Waals surface area contributed by atoms with Crippen molar-refractivity contribution in [3.05, 3.63) is 65.7 Å². The van der Waals surface area contributed by atoms with Crippen molar-refractivity contribution in [2.24, 2.45) is 11.0 Å². The van der Waals surface area contributed by atoms with E-state index in [-0.39, 0.29) is 24.4 Å². The molecule has 2 atom stereocenters. The Morgan fingerprint density at radius 1 is 1.15 bits per heavy atom. The van der Waals surface area contributed by atoms with Crippen LogP contribution >= 0.6 is 0 Å². The lowest BCUT2D eigenvalue weighted by Gasteiger charge is -2.25. The molecule has 8 nitrogen and oxygen atoms in total. The van der Waals surface area contributed by atoms with Crippen LogP contribution < -0.4 is 10.1 Å². The minimum atomic E-state index is -1.01. The second-order valence-electron chi connectivity index (χ2n) is 9.40. The Hall–Kier alpha value is -3.68. The van der Waals surface area contributed by atoms with E-state index in [0.717, 1.165) is 21.7 Å². The van der Waals surface area contributed by atoms with Crippen LogP contribution in [0.4, 0.5) is 4.79 Å². The molecule has 0 bridgehead atoms. The van der Waals surface area contributed by atoms with Crippen molar-refractivity contribution in [3.63, 3.8) is 0 Å². The SMILES string of the molecule is COc1ccc([C@H]2CC(c3ccccc3)=NN2C(=O)CN2C(=O)N[C@](C)(CC(C)C)C2=O)cc1. The molecule has 178 valence electrons. The minimum Gasteiger partial charge on any atom is -0.497 e. The zero-order valence-corrected chi connectivity index (χ0v) is 19.9. The van der Waals surface area contributed by atoms with Crippen molar-refractivity contribution < 1.29 is 19.1 Å². The zero-order valence-electron chi connectivity index (χ0n) is 19.9. The van der Waals surface area contributed by atoms with E-state index in [1.54, 1.807) is 14.0 Å². The van der Waals surface area contributed by atoms with Crippen molar-refractivity contribution in [2.75, 3.05) is 13.7 Å². The number of nitrogens with zero attached hydrogens (tertiary/aromatic N) is 3. The summed E-state index contributed by atoms with van der Waals surface area (Å²) in [5, 5.41) is 8.81. The molecular formula is C26H30N4O4. The predicted octanol–water partition coefficient (Wildman–Crippen LogP) is 3.73. The molecule has 4 rings (SSSR count). The van der Waals surface area contributed by atoms with Crippen molar-refractivity contribution in [1.29, 1.82) is 0 Å². The maximum absolute atomic E-state index is 13.4. The molecule has 1 saturated heterocycles. The predicted molar refractivity (Wildman–Crippen MR) is 128 cm³/mol. The number of imide groups is 1. The number of carbonyl (C=O) groups is 3. The van der Waals surface area contributed by atoms with Crippen molar-refractivity contribution in [3.8, 4) is 5.75 Å². The lowest BCUT2D eigenvalue weighted by atomic mass is 9.91. The number of hydrogen-bond acceptors (Lipinski definition) is 5. The Morgan fingerprint density at radius 3 is 2.44 bits per heavy atom. The molecule has 4 amide bonds. The molecule has 0 radical (unpaired) electrons. The van der Waals surface area contributed by atoms with Gasteiger partial charge in [-0.15, -0.1) is 0 Å². The molecule has 8 heteroatoms. The van der Waals surface area contributed by atoms with Crippen LogP contribution in [0.1, 0.15) is 50.8 Å². The highest BCUT2D eigenvalue weighted by Crippen LogP contribution is 2.34. The van der Waals surface area contributed by atoms with Crippen LogP contribution in [0.5, 0.6) is 5.75 Å². The number of nitrogens with one attached hydrogen (secondary N) is 1. The summed E-state index contributed by atoms with van der Waals surface area (Å²) in [6, 6.07) is 16.3. The fourth-order valence-corrected chi connectivity index (χ4v) is 4.68. The third-order valence-corrected chi connectivity index (χ3v) is 6.23. The van der Waals surface area contributed by atoms with Crippen LogP contribution in [-0.2, 0) is 9.59 Å². The van der Waals surface area contributed by atoms with Gasteiger partial charge in [0.2, 0.25) is 0 Å². The lowest BCUT2D eigenvalue weighted by molar-refractivity contribution is -0.140. The summed E-state index contributed by atoms with van der Waals surface area (Å²) < 4.78 is 5.26. The van der Waals surface area contributed by atoms with E-state index >= 15 is 0 Å². The van der Waals surface area contributed by atoms with Crippen LogP contribution in [0, 0.1) is 5.92 Å². The number of ether oxygens (including phenoxy) is 1. The number of hydrazone groups is 1. The first-order valence-corrected chi connectivity index (χ1v) is 11.4. The van der Waals surface area contributed by atoms with Crippen LogP contribution in [0.2, 0.25) is 0 Å². The van der Waals surface area contributed by atoms with Gasteiger partial charge in [-0.25, -0.2) is 9.80 Å². The summed E-state index contributed by atoms with van der Waals surface area (Å²) in [6.45, 7) is 5.32. The van der Waals surface area contributed by atoms with Gasteiger partial charge >= 0.3 is 6.03 Å². The average Bonchev–Trinajstić information content (AvgIpc) is 3.35. The van der Waals surface area contributed by atoms with Gasteiger partial charge in [-0.05, 0) is 42.5 Å². The van der Waals surface area contributed by atoms with Crippen molar-refractivity contribution >= 4 is 23.6 Å². The maximum Gasteiger partial charge on any atom is 0.325 e. The number of urea groups is 1. The van der Waals surface area contributed by atoms with E-state index in [2.05, 4.69) is 10.4 Å². The molecule has 0 saturated carbocycles. The molecule has 34 heavy (non-hydrogen) atoms. The van der Waals surface area contributed by atoms with Gasteiger partial charge in [-0.2, -0.15) is 5.10 Å². The van der Waals surface area contributed by atoms with Gasteiger partial charge in [-0.1, -0.05) is 56.3 Å². The van der Waals surface area contributed by atoms with Gasteiger partial charge in [0.25, 0.3) is 11.8 Å². The van der Waals surface area contributed by atoms with E-state index in [9.17, 15) is 14.4 Å². The number of hydrogen-bond donors (Lipinski definition) is 1. The molecule has 1 fully saturated rings. The van der Waals surface area contributed by atoms with Gasteiger partial charge in [0, 0.05) is 6.42 Å². The first-order chi connectivity index (χ1) is 16.2. The Bertz CT molecular complexity index is 1110. The third kappa shape index (κ3) is 4.53. The summed E-state index contributed by atoms with van der Waals surface area (Å²) in [7, 11) is 1.60. The van der Waals surface area contributed by atoms with E-state index in [0.29, 0.717) is 18.6 Å². The van der Waals surface area contributed by atoms with Gasteiger partial charge < -0.3 is 10.1 Å². The maximum atomic E-state index is 13.4. The minimum absolute atomic E-state index is 0.209. The highest BCUT2D eigenvalue weighted by molar-refractivity contribution is 6.09. The number of carbonyl (C=O) groups excluding carboxylic acids is 3. The highest BCUT2D eigenvalue weighted by Gasteiger charge is 2.49. The third-order valence-electron chi connectivity index (χ3n) is 6.23. The average molecular weight is 463 g/mol. The van der Waals surface area contributed by atoms with E-state index in [1.165, 1.54) is 5.01 Å². The Balaban J connectivity index is 1.60. The second kappa shape index (κ2) is 9.29. The molecule has 0 aromatic heterocycles. The van der Waals surface area contributed by atoms with Gasteiger partial charge in [-0.3, -0.25) is 14.5 Å². The molecule has 1 N–H and O–H groups in total. The summed E-state index contributed by atoms with van der Waals surface area (Å²) in [5.74, 6) is 0.129. The summed E-state index contributed by atoms with van der Waals surface area (Å²) in [4.78, 5) is 40.1. The second-order valence-corrected chi connectivity index (χ2v) is 9.40. The first-order valence-electron chi connectivity index (χ1n) is 11.4. The van der Waals surface area contributed by atoms with Crippen molar-refractivity contribution in [2.45, 2.75) is 45.2 Å². The van der Waals surface area contributed by atoms with E-state index in [1.807, 2.05) is 68.4 Å². The van der Waals surface area contributed by atoms with Crippen LogP contribution in [0.25, 0.3) is 0 Å². The molecule has 0 spiro atoms. The molecule has 0 unspecified atom stereocenters. The van der Waals surface area contributed by atoms with Gasteiger partial charge in [0.15, 0.2) is 0 Å². The summed E-state index contributed by atoms with van der Waals surface area (Å²) in [6.07, 6.45) is 1.02. The largest absolute Gasteiger partial charge is 0.497 e. The Kier molecular flexibility index (Phi) is 6.41. The quantitative estimate of drug-likeness (QED) is 0.635. The Morgan fingerprint density at radius 2 is 1.82 bits per heavy atom. The lowest BCUT2D eigenvalue weighted by Crippen LogP contribution is -2.46. The fourth-order valence-electron chi connectivity index (χ4n) is 4.68. The Labute approximate surface area is 199 Å². The number of rotatable bonds is 7. The topological polar surface area (TPSA) is 91.3 Å². The normalized spacial score (nSPS) is 22.3. The molecule has 2 aliphatic heterocycles. The molecule has 2 aliphatic rings. The van der Waals surface area contributed by atoms with E-state index < -0.39 is 17.5 Å². The zero-order chi connectivity index (χ0) is 24.5. The van der Waals surface area contributed by atoms with Crippen LogP contribution in [-0.4, -0.2) is 52.7 Å². The molecule has 2 aromatic carbocycles.